The van der Waals surface area contributed by atoms with Crippen LogP contribution in [0.5, 0.6) is 0 Å². The molecule has 1 atom stereocenters. The third-order valence-electron chi connectivity index (χ3n) is 4.20. The van der Waals surface area contributed by atoms with Gasteiger partial charge in [-0.3, -0.25) is 4.68 Å². The largest absolute Gasteiger partial charge is 0.370 e. The highest BCUT2D eigenvalue weighted by atomic mass is 19.1. The topological polar surface area (TPSA) is 54.7 Å². The summed E-state index contributed by atoms with van der Waals surface area (Å²) in [5, 5.41) is 7.40. The third-order valence-corrected chi connectivity index (χ3v) is 4.20. The number of morpholine rings is 1. The lowest BCUT2D eigenvalue weighted by Crippen LogP contribution is -2.48. The molecule has 3 rings (SSSR count). The summed E-state index contributed by atoms with van der Waals surface area (Å²) in [6, 6.07) is 3.41. The van der Waals surface area contributed by atoms with Gasteiger partial charge in [0.1, 0.15) is 17.7 Å². The van der Waals surface area contributed by atoms with E-state index in [9.17, 15) is 8.78 Å². The highest BCUT2D eigenvalue weighted by molar-refractivity contribution is 5.80. The molecule has 1 saturated heterocycles. The first kappa shape index (κ1) is 18.3. The first-order valence-electron chi connectivity index (χ1n) is 8.64. The van der Waals surface area contributed by atoms with E-state index in [2.05, 4.69) is 20.3 Å². The molecule has 1 aromatic heterocycles. The van der Waals surface area contributed by atoms with Crippen LogP contribution in [0.2, 0.25) is 0 Å². The number of guanidine groups is 1. The lowest BCUT2D eigenvalue weighted by molar-refractivity contribution is -0.00805. The van der Waals surface area contributed by atoms with Gasteiger partial charge < -0.3 is 15.0 Å². The Labute approximate surface area is 151 Å². The molecule has 2 heterocycles. The Bertz CT molecular complexity index is 777. The van der Waals surface area contributed by atoms with E-state index in [4.69, 9.17) is 4.74 Å². The molecule has 2 aromatic rings. The van der Waals surface area contributed by atoms with E-state index in [0.717, 1.165) is 17.7 Å². The van der Waals surface area contributed by atoms with Crippen molar-refractivity contribution >= 4 is 5.96 Å². The van der Waals surface area contributed by atoms with E-state index < -0.39 is 11.6 Å². The van der Waals surface area contributed by atoms with Crippen molar-refractivity contribution < 1.29 is 13.5 Å². The monoisotopic (exact) mass is 363 g/mol. The van der Waals surface area contributed by atoms with E-state index in [0.29, 0.717) is 32.2 Å². The Kier molecular flexibility index (Phi) is 5.82. The number of halogens is 2. The zero-order valence-electron chi connectivity index (χ0n) is 15.0. The van der Waals surface area contributed by atoms with Crippen molar-refractivity contribution in [2.45, 2.75) is 19.6 Å². The van der Waals surface area contributed by atoms with Crippen LogP contribution in [0.4, 0.5) is 8.78 Å². The predicted octanol–water partition coefficient (Wildman–Crippen LogP) is 2.24. The summed E-state index contributed by atoms with van der Waals surface area (Å²) in [5.74, 6) is -0.265. The van der Waals surface area contributed by atoms with E-state index in [-0.39, 0.29) is 18.2 Å². The van der Waals surface area contributed by atoms with Gasteiger partial charge in [-0.15, -0.1) is 0 Å². The molecule has 0 amide bonds. The Morgan fingerprint density at radius 2 is 2.27 bits per heavy atom. The van der Waals surface area contributed by atoms with Crippen LogP contribution in [0, 0.1) is 11.6 Å². The number of hydrogen-bond donors (Lipinski definition) is 1. The fourth-order valence-electron chi connectivity index (χ4n) is 2.90. The second kappa shape index (κ2) is 8.27. The smallest absolute Gasteiger partial charge is 0.194 e. The number of aromatic nitrogens is 2. The number of nitrogens with one attached hydrogen (secondary N) is 1. The minimum atomic E-state index is -0.468. The van der Waals surface area contributed by atoms with Gasteiger partial charge in [0.25, 0.3) is 0 Å². The molecule has 1 fully saturated rings. The second-order valence-corrected chi connectivity index (χ2v) is 6.16. The second-order valence-electron chi connectivity index (χ2n) is 6.16. The maximum absolute atomic E-state index is 13.8. The minimum absolute atomic E-state index is 0.0703. The van der Waals surface area contributed by atoms with Gasteiger partial charge in [-0.05, 0) is 25.1 Å². The normalized spacial score (nSPS) is 18.2. The van der Waals surface area contributed by atoms with Crippen molar-refractivity contribution in [3.8, 4) is 0 Å². The first-order chi connectivity index (χ1) is 12.6. The van der Waals surface area contributed by atoms with Gasteiger partial charge in [-0.1, -0.05) is 0 Å². The Balaban J connectivity index is 1.74. The van der Waals surface area contributed by atoms with Crippen LogP contribution in [0.15, 0.2) is 35.6 Å². The van der Waals surface area contributed by atoms with E-state index in [1.807, 2.05) is 20.2 Å². The van der Waals surface area contributed by atoms with Crippen LogP contribution in [-0.2, 0) is 18.3 Å². The van der Waals surface area contributed by atoms with E-state index >= 15 is 0 Å². The van der Waals surface area contributed by atoms with Gasteiger partial charge in [0.15, 0.2) is 5.96 Å². The molecule has 0 aliphatic carbocycles. The molecule has 0 spiro atoms. The van der Waals surface area contributed by atoms with Gasteiger partial charge in [0.05, 0.1) is 25.9 Å². The van der Waals surface area contributed by atoms with Crippen molar-refractivity contribution in [2.75, 3.05) is 26.2 Å². The van der Waals surface area contributed by atoms with Crippen molar-refractivity contribution in [2.24, 2.45) is 12.0 Å². The highest BCUT2D eigenvalue weighted by Crippen LogP contribution is 2.22. The fraction of sp³-hybridized carbons (Fsp3) is 0.444. The van der Waals surface area contributed by atoms with Gasteiger partial charge in [-0.25, -0.2) is 13.8 Å². The van der Waals surface area contributed by atoms with Crippen LogP contribution < -0.4 is 5.32 Å². The SMILES string of the molecule is CCNC(=NCc1cc(F)ccc1F)N1CCOC(c2cnn(C)c2)C1. The maximum atomic E-state index is 13.8. The van der Waals surface area contributed by atoms with Crippen molar-refractivity contribution in [3.63, 3.8) is 0 Å². The zero-order chi connectivity index (χ0) is 18.5. The molecule has 1 aliphatic rings. The summed E-state index contributed by atoms with van der Waals surface area (Å²) >= 11 is 0. The molecular formula is C18H23F2N5O. The number of hydrogen-bond acceptors (Lipinski definition) is 3. The number of aryl methyl sites for hydroxylation is 1. The van der Waals surface area contributed by atoms with Gasteiger partial charge in [0.2, 0.25) is 0 Å². The average Bonchev–Trinajstić information content (AvgIpc) is 3.08. The number of nitrogens with zero attached hydrogens (tertiary/aromatic N) is 4. The summed E-state index contributed by atoms with van der Waals surface area (Å²) in [5.41, 5.74) is 1.24. The molecule has 8 heteroatoms. The number of rotatable bonds is 4. The lowest BCUT2D eigenvalue weighted by Gasteiger charge is -2.34. The van der Waals surface area contributed by atoms with E-state index in [1.54, 1.807) is 10.9 Å². The molecule has 0 bridgehead atoms. The molecule has 1 N–H and O–H groups in total. The number of ether oxygens (including phenoxy) is 1. The molecule has 140 valence electrons. The molecule has 0 saturated carbocycles. The van der Waals surface area contributed by atoms with Gasteiger partial charge >= 0.3 is 0 Å². The van der Waals surface area contributed by atoms with Crippen LogP contribution >= 0.6 is 0 Å². The molecule has 6 nitrogen and oxygen atoms in total. The quantitative estimate of drug-likeness (QED) is 0.669. The number of aliphatic imine (C=N–C) groups is 1. The van der Waals surface area contributed by atoms with Crippen LogP contribution in [0.1, 0.15) is 24.2 Å². The Morgan fingerprint density at radius 3 is 3.00 bits per heavy atom. The number of benzene rings is 1. The Hall–Kier alpha value is -2.48. The molecule has 1 aliphatic heterocycles. The fourth-order valence-corrected chi connectivity index (χ4v) is 2.90. The highest BCUT2D eigenvalue weighted by Gasteiger charge is 2.25. The summed E-state index contributed by atoms with van der Waals surface area (Å²) in [6.45, 7) is 4.56. The third kappa shape index (κ3) is 4.37. The van der Waals surface area contributed by atoms with Crippen LogP contribution in [-0.4, -0.2) is 46.9 Å². The average molecular weight is 363 g/mol. The molecule has 0 radical (unpaired) electrons. The summed E-state index contributed by atoms with van der Waals surface area (Å²) in [7, 11) is 1.86. The molecular weight excluding hydrogens is 340 g/mol. The minimum Gasteiger partial charge on any atom is -0.370 e. The molecule has 1 aromatic carbocycles. The molecule has 26 heavy (non-hydrogen) atoms. The lowest BCUT2D eigenvalue weighted by atomic mass is 10.1. The Morgan fingerprint density at radius 1 is 1.42 bits per heavy atom. The maximum Gasteiger partial charge on any atom is 0.194 e. The van der Waals surface area contributed by atoms with Crippen molar-refractivity contribution in [1.29, 1.82) is 0 Å². The summed E-state index contributed by atoms with van der Waals surface area (Å²) in [4.78, 5) is 6.56. The standard InChI is InChI=1S/C18H23F2N5O/c1-3-21-18(22-9-13-8-15(19)4-5-16(13)20)25-6-7-26-17(12-25)14-10-23-24(2)11-14/h4-5,8,10-11,17H,3,6-7,9,12H2,1-2H3,(H,21,22). The summed E-state index contributed by atoms with van der Waals surface area (Å²) in [6.07, 6.45) is 3.62. The van der Waals surface area contributed by atoms with Gasteiger partial charge in [-0.2, -0.15) is 5.10 Å². The zero-order valence-corrected chi connectivity index (χ0v) is 15.0. The molecule has 1 unspecified atom stereocenters. The van der Waals surface area contributed by atoms with Crippen LogP contribution in [0.25, 0.3) is 0 Å². The van der Waals surface area contributed by atoms with Crippen LogP contribution in [0.3, 0.4) is 0 Å². The van der Waals surface area contributed by atoms with Crippen molar-refractivity contribution in [1.82, 2.24) is 20.0 Å². The van der Waals surface area contributed by atoms with Gasteiger partial charge in [0, 0.05) is 37.5 Å². The summed E-state index contributed by atoms with van der Waals surface area (Å²) < 4.78 is 34.8. The van der Waals surface area contributed by atoms with E-state index in [1.165, 1.54) is 6.07 Å². The first-order valence-corrected chi connectivity index (χ1v) is 8.64. The van der Waals surface area contributed by atoms with Crippen molar-refractivity contribution in [3.05, 3.63) is 53.4 Å². The predicted molar refractivity (Wildman–Crippen MR) is 94.6 cm³/mol.